The lowest BCUT2D eigenvalue weighted by Gasteiger charge is -2.06. The first-order valence-corrected chi connectivity index (χ1v) is 7.13. The molecule has 2 nitrogen and oxygen atoms in total. The van der Waals surface area contributed by atoms with Crippen LogP contribution in [-0.2, 0) is 6.42 Å². The molecule has 3 heteroatoms. The molecule has 0 unspecified atom stereocenters. The van der Waals surface area contributed by atoms with Gasteiger partial charge >= 0.3 is 0 Å². The lowest BCUT2D eigenvalue weighted by Crippen LogP contribution is -2.02. The summed E-state index contributed by atoms with van der Waals surface area (Å²) in [5.41, 5.74) is 2.11. The van der Waals surface area contributed by atoms with E-state index in [1.165, 1.54) is 24.8 Å². The van der Waals surface area contributed by atoms with Crippen LogP contribution < -0.4 is 4.74 Å². The Morgan fingerprint density at radius 2 is 1.76 bits per heavy atom. The Kier molecular flexibility index (Phi) is 5.09. The summed E-state index contributed by atoms with van der Waals surface area (Å²) < 4.78 is 18.5. The predicted octanol–water partition coefficient (Wildman–Crippen LogP) is 4.41. The zero-order chi connectivity index (χ0) is 15.2. The molecule has 2 aromatic rings. The molecule has 0 N–H and O–H groups in total. The molecular formula is C18H19FO2. The Bertz CT molecular complexity index is 618. The number of methoxy groups -OCH3 is 1. The molecule has 0 saturated carbocycles. The summed E-state index contributed by atoms with van der Waals surface area (Å²) in [5.74, 6) is -0.567. The van der Waals surface area contributed by atoms with Crippen molar-refractivity contribution in [3.8, 4) is 5.75 Å². The first-order valence-electron chi connectivity index (χ1n) is 7.13. The number of hydrogen-bond acceptors (Lipinski definition) is 2. The molecule has 110 valence electrons. The van der Waals surface area contributed by atoms with Gasteiger partial charge in [0.25, 0.3) is 0 Å². The van der Waals surface area contributed by atoms with Crippen molar-refractivity contribution in [2.75, 3.05) is 7.11 Å². The molecule has 0 bridgehead atoms. The van der Waals surface area contributed by atoms with Gasteiger partial charge in [-0.2, -0.15) is 0 Å². The SMILES string of the molecule is CCCCc1ccc(C(=O)c2ccc(OC)c(F)c2)cc1. The number of halogens is 1. The fraction of sp³-hybridized carbons (Fsp3) is 0.278. The summed E-state index contributed by atoms with van der Waals surface area (Å²) in [6.07, 6.45) is 3.30. The van der Waals surface area contributed by atoms with Gasteiger partial charge in [0, 0.05) is 11.1 Å². The lowest BCUT2D eigenvalue weighted by molar-refractivity contribution is 0.103. The van der Waals surface area contributed by atoms with Crippen LogP contribution in [0.3, 0.4) is 0 Å². The Balaban J connectivity index is 2.17. The van der Waals surface area contributed by atoms with Crippen molar-refractivity contribution in [1.82, 2.24) is 0 Å². The van der Waals surface area contributed by atoms with E-state index in [1.807, 2.05) is 12.1 Å². The molecule has 21 heavy (non-hydrogen) atoms. The minimum absolute atomic E-state index is 0.140. The summed E-state index contributed by atoms with van der Waals surface area (Å²) in [6.45, 7) is 2.15. The van der Waals surface area contributed by atoms with Crippen LogP contribution >= 0.6 is 0 Å². The zero-order valence-corrected chi connectivity index (χ0v) is 12.4. The summed E-state index contributed by atoms with van der Waals surface area (Å²) >= 11 is 0. The quantitative estimate of drug-likeness (QED) is 0.735. The zero-order valence-electron chi connectivity index (χ0n) is 12.4. The smallest absolute Gasteiger partial charge is 0.193 e. The van der Waals surface area contributed by atoms with Gasteiger partial charge in [-0.3, -0.25) is 4.79 Å². The maximum absolute atomic E-state index is 13.7. The first-order chi connectivity index (χ1) is 10.2. The highest BCUT2D eigenvalue weighted by atomic mass is 19.1. The second kappa shape index (κ2) is 7.02. The third-order valence-corrected chi connectivity index (χ3v) is 3.45. The number of unbranched alkanes of at least 4 members (excludes halogenated alkanes) is 1. The van der Waals surface area contributed by atoms with Crippen molar-refractivity contribution >= 4 is 5.78 Å². The predicted molar refractivity (Wildman–Crippen MR) is 81.4 cm³/mol. The molecule has 0 aliphatic rings. The molecule has 2 rings (SSSR count). The van der Waals surface area contributed by atoms with Crippen LogP contribution in [0.4, 0.5) is 4.39 Å². The minimum Gasteiger partial charge on any atom is -0.494 e. The Labute approximate surface area is 124 Å². The molecule has 0 aromatic heterocycles. The first kappa shape index (κ1) is 15.2. The largest absolute Gasteiger partial charge is 0.494 e. The van der Waals surface area contributed by atoms with Crippen molar-refractivity contribution in [3.05, 3.63) is 65.0 Å². The van der Waals surface area contributed by atoms with Crippen molar-refractivity contribution in [2.45, 2.75) is 26.2 Å². The van der Waals surface area contributed by atoms with E-state index in [1.54, 1.807) is 18.2 Å². The Morgan fingerprint density at radius 3 is 2.33 bits per heavy atom. The van der Waals surface area contributed by atoms with E-state index in [2.05, 4.69) is 6.92 Å². The van der Waals surface area contributed by atoms with Crippen molar-refractivity contribution in [1.29, 1.82) is 0 Å². The van der Waals surface area contributed by atoms with Gasteiger partial charge in [-0.1, -0.05) is 37.6 Å². The molecule has 0 fully saturated rings. The van der Waals surface area contributed by atoms with Crippen LogP contribution in [0, 0.1) is 5.82 Å². The molecule has 0 atom stereocenters. The normalized spacial score (nSPS) is 10.4. The number of benzene rings is 2. The van der Waals surface area contributed by atoms with E-state index < -0.39 is 5.82 Å². The molecule has 0 spiro atoms. The molecule has 2 aromatic carbocycles. The number of carbonyl (C=O) groups excluding carboxylic acids is 1. The molecule has 0 aliphatic heterocycles. The monoisotopic (exact) mass is 286 g/mol. The summed E-state index contributed by atoms with van der Waals surface area (Å²) in [5, 5.41) is 0. The van der Waals surface area contributed by atoms with Crippen molar-refractivity contribution in [2.24, 2.45) is 0 Å². The highest BCUT2D eigenvalue weighted by molar-refractivity contribution is 6.09. The van der Waals surface area contributed by atoms with Crippen LogP contribution in [0.15, 0.2) is 42.5 Å². The number of ether oxygens (including phenoxy) is 1. The van der Waals surface area contributed by atoms with E-state index in [9.17, 15) is 9.18 Å². The highest BCUT2D eigenvalue weighted by Gasteiger charge is 2.12. The van der Waals surface area contributed by atoms with E-state index >= 15 is 0 Å². The van der Waals surface area contributed by atoms with Gasteiger partial charge in [-0.05, 0) is 36.6 Å². The van der Waals surface area contributed by atoms with Crippen LogP contribution in [0.5, 0.6) is 5.75 Å². The van der Waals surface area contributed by atoms with Crippen LogP contribution in [0.1, 0.15) is 41.3 Å². The van der Waals surface area contributed by atoms with Gasteiger partial charge in [0.05, 0.1) is 7.11 Å². The van der Waals surface area contributed by atoms with E-state index in [0.29, 0.717) is 11.1 Å². The van der Waals surface area contributed by atoms with E-state index in [0.717, 1.165) is 19.3 Å². The van der Waals surface area contributed by atoms with Gasteiger partial charge < -0.3 is 4.74 Å². The number of carbonyl (C=O) groups is 1. The maximum atomic E-state index is 13.7. The molecular weight excluding hydrogens is 267 g/mol. The van der Waals surface area contributed by atoms with Crippen molar-refractivity contribution < 1.29 is 13.9 Å². The van der Waals surface area contributed by atoms with Crippen LogP contribution in [-0.4, -0.2) is 12.9 Å². The van der Waals surface area contributed by atoms with Gasteiger partial charge in [0.1, 0.15) is 0 Å². The molecule has 0 saturated heterocycles. The number of rotatable bonds is 6. The third-order valence-electron chi connectivity index (χ3n) is 3.45. The lowest BCUT2D eigenvalue weighted by atomic mass is 10.0. The average molecular weight is 286 g/mol. The second-order valence-corrected chi connectivity index (χ2v) is 4.98. The molecule has 0 aliphatic carbocycles. The third kappa shape index (κ3) is 3.69. The van der Waals surface area contributed by atoms with Gasteiger partial charge in [-0.15, -0.1) is 0 Å². The number of hydrogen-bond donors (Lipinski definition) is 0. The summed E-state index contributed by atoms with van der Waals surface area (Å²) in [7, 11) is 1.40. The maximum Gasteiger partial charge on any atom is 0.193 e. The number of ketones is 1. The summed E-state index contributed by atoms with van der Waals surface area (Å²) in [6, 6.07) is 11.8. The Hall–Kier alpha value is -2.16. The van der Waals surface area contributed by atoms with Crippen molar-refractivity contribution in [3.63, 3.8) is 0 Å². The van der Waals surface area contributed by atoms with Gasteiger partial charge in [0.15, 0.2) is 17.3 Å². The topological polar surface area (TPSA) is 26.3 Å². The average Bonchev–Trinajstić information content (AvgIpc) is 2.52. The fourth-order valence-electron chi connectivity index (χ4n) is 2.18. The standard InChI is InChI=1S/C18H19FO2/c1-3-4-5-13-6-8-14(9-7-13)18(20)15-10-11-17(21-2)16(19)12-15/h6-12H,3-5H2,1-2H3. The fourth-order valence-corrected chi connectivity index (χ4v) is 2.18. The molecule has 0 amide bonds. The van der Waals surface area contributed by atoms with Gasteiger partial charge in [0.2, 0.25) is 0 Å². The highest BCUT2D eigenvalue weighted by Crippen LogP contribution is 2.20. The molecule has 0 heterocycles. The number of aryl methyl sites for hydroxylation is 1. The van der Waals surface area contributed by atoms with Crippen LogP contribution in [0.25, 0.3) is 0 Å². The minimum atomic E-state index is -0.525. The van der Waals surface area contributed by atoms with E-state index in [4.69, 9.17) is 4.74 Å². The second-order valence-electron chi connectivity index (χ2n) is 4.98. The van der Waals surface area contributed by atoms with E-state index in [-0.39, 0.29) is 11.5 Å². The Morgan fingerprint density at radius 1 is 1.10 bits per heavy atom. The summed E-state index contributed by atoms with van der Waals surface area (Å²) in [4.78, 5) is 12.3. The van der Waals surface area contributed by atoms with Gasteiger partial charge in [-0.25, -0.2) is 4.39 Å². The van der Waals surface area contributed by atoms with Crippen LogP contribution in [0.2, 0.25) is 0 Å². The molecule has 0 radical (unpaired) electrons.